The van der Waals surface area contributed by atoms with Crippen molar-refractivity contribution in [2.45, 2.75) is 12.8 Å². The summed E-state index contributed by atoms with van der Waals surface area (Å²) in [5.41, 5.74) is -0.447. The Balaban J connectivity index is 2.29. The zero-order chi connectivity index (χ0) is 23.0. The van der Waals surface area contributed by atoms with Gasteiger partial charge in [-0.3, -0.25) is 25.0 Å². The van der Waals surface area contributed by atoms with Crippen LogP contribution in [-0.2, 0) is 9.53 Å². The number of nitrogens with zero attached hydrogens (tertiary/aromatic N) is 2. The van der Waals surface area contributed by atoms with Crippen LogP contribution in [0.1, 0.15) is 12.8 Å². The summed E-state index contributed by atoms with van der Waals surface area (Å²) in [6, 6.07) is 6.33. The van der Waals surface area contributed by atoms with Gasteiger partial charge in [-0.2, -0.15) is 0 Å². The van der Waals surface area contributed by atoms with Gasteiger partial charge in [-0.1, -0.05) is 0 Å². The van der Waals surface area contributed by atoms with Gasteiger partial charge in [0.2, 0.25) is 5.75 Å². The summed E-state index contributed by atoms with van der Waals surface area (Å²) in [6.45, 7) is 0.197. The molecule has 0 amide bonds. The number of carbonyl (C=O) groups is 1. The van der Waals surface area contributed by atoms with E-state index >= 15 is 0 Å². The average molecular weight is 435 g/mol. The van der Waals surface area contributed by atoms with Gasteiger partial charge in [0.1, 0.15) is 5.69 Å². The van der Waals surface area contributed by atoms with E-state index in [1.807, 2.05) is 0 Å². The summed E-state index contributed by atoms with van der Waals surface area (Å²) >= 11 is 0. The molecule has 2 aromatic carbocycles. The molecule has 0 saturated carbocycles. The molecule has 0 aliphatic carbocycles. The molecule has 12 heteroatoms. The Hall–Kier alpha value is -4.09. The second kappa shape index (κ2) is 10.6. The van der Waals surface area contributed by atoms with E-state index in [2.05, 4.69) is 10.1 Å². The second-order valence-corrected chi connectivity index (χ2v) is 6.08. The van der Waals surface area contributed by atoms with Gasteiger partial charge in [0.25, 0.3) is 11.4 Å². The lowest BCUT2D eigenvalue weighted by Crippen LogP contribution is -2.06. The lowest BCUT2D eigenvalue weighted by Gasteiger charge is -2.17. The maximum atomic E-state index is 11.3. The molecule has 0 aliphatic rings. The number of non-ortho nitro benzene ring substituents is 1. The van der Waals surface area contributed by atoms with Crippen molar-refractivity contribution < 1.29 is 33.6 Å². The third-order valence-corrected chi connectivity index (χ3v) is 4.13. The third-order valence-electron chi connectivity index (χ3n) is 4.13. The van der Waals surface area contributed by atoms with E-state index in [-0.39, 0.29) is 36.2 Å². The van der Waals surface area contributed by atoms with Gasteiger partial charge in [-0.25, -0.2) is 0 Å². The Morgan fingerprint density at radius 2 is 1.65 bits per heavy atom. The van der Waals surface area contributed by atoms with Crippen molar-refractivity contribution >= 4 is 28.7 Å². The molecule has 0 fully saturated rings. The van der Waals surface area contributed by atoms with Crippen molar-refractivity contribution in [2.75, 3.05) is 33.3 Å². The van der Waals surface area contributed by atoms with Crippen LogP contribution in [-0.4, -0.2) is 43.8 Å². The van der Waals surface area contributed by atoms with Crippen LogP contribution in [0.3, 0.4) is 0 Å². The van der Waals surface area contributed by atoms with E-state index in [0.717, 1.165) is 12.1 Å². The minimum atomic E-state index is -0.720. The fourth-order valence-electron chi connectivity index (χ4n) is 2.63. The number of hydrogen-bond donors (Lipinski definition) is 1. The van der Waals surface area contributed by atoms with Crippen molar-refractivity contribution in [2.24, 2.45) is 0 Å². The normalized spacial score (nSPS) is 10.2. The highest BCUT2D eigenvalue weighted by Crippen LogP contribution is 2.42. The number of nitrogens with one attached hydrogen (secondary N) is 1. The molecule has 0 heterocycles. The molecule has 1 N–H and O–H groups in total. The molecular formula is C19H21N3O9. The third kappa shape index (κ3) is 5.95. The van der Waals surface area contributed by atoms with Crippen LogP contribution in [0.25, 0.3) is 0 Å². The fraction of sp³-hybridized carbons (Fsp3) is 0.316. The molecule has 0 atom stereocenters. The summed E-state index contributed by atoms with van der Waals surface area (Å²) in [6.07, 6.45) is 0.596. The Labute approximate surface area is 177 Å². The quantitative estimate of drug-likeness (QED) is 0.240. The highest BCUT2D eigenvalue weighted by molar-refractivity contribution is 5.74. The van der Waals surface area contributed by atoms with Crippen LogP contribution < -0.4 is 19.5 Å². The maximum Gasteiger partial charge on any atom is 0.305 e. The van der Waals surface area contributed by atoms with Crippen LogP contribution in [0.2, 0.25) is 0 Å². The predicted molar refractivity (Wildman–Crippen MR) is 109 cm³/mol. The van der Waals surface area contributed by atoms with Crippen molar-refractivity contribution in [1.29, 1.82) is 0 Å². The SMILES string of the molecule is COC(=O)CCCOc1c(OC)cc(Nc2ccc([N+](=O)[O-])cc2[N+](=O)[O-])cc1OC. The average Bonchev–Trinajstić information content (AvgIpc) is 2.76. The first-order chi connectivity index (χ1) is 14.8. The van der Waals surface area contributed by atoms with Crippen molar-refractivity contribution in [1.82, 2.24) is 0 Å². The van der Waals surface area contributed by atoms with E-state index in [9.17, 15) is 25.0 Å². The molecule has 2 aromatic rings. The van der Waals surface area contributed by atoms with E-state index in [1.165, 1.54) is 39.5 Å². The number of esters is 1. The molecule has 0 aromatic heterocycles. The largest absolute Gasteiger partial charge is 0.493 e. The number of nitro benzene ring substituents is 2. The van der Waals surface area contributed by atoms with E-state index in [1.54, 1.807) is 0 Å². The summed E-state index contributed by atoms with van der Waals surface area (Å²) in [5.74, 6) is 0.499. The van der Waals surface area contributed by atoms with Gasteiger partial charge in [0.05, 0.1) is 43.8 Å². The lowest BCUT2D eigenvalue weighted by molar-refractivity contribution is -0.393. The summed E-state index contributed by atoms with van der Waals surface area (Å²) in [7, 11) is 4.12. The van der Waals surface area contributed by atoms with Crippen LogP contribution >= 0.6 is 0 Å². The van der Waals surface area contributed by atoms with Crippen molar-refractivity contribution in [3.8, 4) is 17.2 Å². The first kappa shape index (κ1) is 23.2. The Morgan fingerprint density at radius 1 is 1.00 bits per heavy atom. The first-order valence-electron chi connectivity index (χ1n) is 8.96. The van der Waals surface area contributed by atoms with Gasteiger partial charge in [-0.05, 0) is 12.5 Å². The van der Waals surface area contributed by atoms with E-state index in [0.29, 0.717) is 17.9 Å². The molecule has 0 aliphatic heterocycles. The number of hydrogen-bond acceptors (Lipinski definition) is 10. The van der Waals surface area contributed by atoms with E-state index in [4.69, 9.17) is 14.2 Å². The van der Waals surface area contributed by atoms with Crippen LogP contribution in [0.15, 0.2) is 30.3 Å². The van der Waals surface area contributed by atoms with Crippen LogP contribution in [0.5, 0.6) is 17.2 Å². The summed E-state index contributed by atoms with van der Waals surface area (Å²) < 4.78 is 20.9. The monoisotopic (exact) mass is 435 g/mol. The molecule has 0 unspecified atom stereocenters. The number of nitro groups is 2. The van der Waals surface area contributed by atoms with Gasteiger partial charge in [0.15, 0.2) is 11.5 Å². The minimum absolute atomic E-state index is 0.0476. The molecule has 0 bridgehead atoms. The van der Waals surface area contributed by atoms with Gasteiger partial charge in [0, 0.05) is 30.3 Å². The molecule has 31 heavy (non-hydrogen) atoms. The highest BCUT2D eigenvalue weighted by atomic mass is 16.6. The second-order valence-electron chi connectivity index (χ2n) is 6.08. The number of anilines is 2. The number of methoxy groups -OCH3 is 3. The first-order valence-corrected chi connectivity index (χ1v) is 8.96. The molecule has 0 radical (unpaired) electrons. The molecule has 0 spiro atoms. The standard InChI is InChI=1S/C19H21N3O9/c1-28-16-9-12(10-17(29-2)19(16)31-8-4-5-18(23)30-3)20-14-7-6-13(21(24)25)11-15(14)22(26)27/h6-7,9-11,20H,4-5,8H2,1-3H3. The summed E-state index contributed by atoms with van der Waals surface area (Å²) in [5, 5.41) is 25.1. The van der Waals surface area contributed by atoms with E-state index < -0.39 is 21.2 Å². The van der Waals surface area contributed by atoms with Crippen molar-refractivity contribution in [3.05, 3.63) is 50.6 Å². The molecule has 166 valence electrons. The number of benzene rings is 2. The van der Waals surface area contributed by atoms with Crippen LogP contribution in [0, 0.1) is 20.2 Å². The lowest BCUT2D eigenvalue weighted by atomic mass is 10.2. The maximum absolute atomic E-state index is 11.3. The fourth-order valence-corrected chi connectivity index (χ4v) is 2.63. The Kier molecular flexibility index (Phi) is 7.94. The summed E-state index contributed by atoms with van der Waals surface area (Å²) in [4.78, 5) is 32.0. The number of ether oxygens (including phenoxy) is 4. The molecule has 2 rings (SSSR count). The predicted octanol–water partition coefficient (Wildman–Crippen LogP) is 3.60. The zero-order valence-corrected chi connectivity index (χ0v) is 17.1. The Morgan fingerprint density at radius 3 is 2.16 bits per heavy atom. The number of rotatable bonds is 11. The molecule has 0 saturated heterocycles. The highest BCUT2D eigenvalue weighted by Gasteiger charge is 2.21. The topological polar surface area (TPSA) is 152 Å². The Bertz CT molecular complexity index is 953. The molecular weight excluding hydrogens is 414 g/mol. The van der Waals surface area contributed by atoms with Crippen LogP contribution in [0.4, 0.5) is 22.7 Å². The smallest absolute Gasteiger partial charge is 0.305 e. The molecule has 12 nitrogen and oxygen atoms in total. The zero-order valence-electron chi connectivity index (χ0n) is 17.1. The van der Waals surface area contributed by atoms with Gasteiger partial charge >= 0.3 is 5.97 Å². The van der Waals surface area contributed by atoms with Crippen molar-refractivity contribution in [3.63, 3.8) is 0 Å². The van der Waals surface area contributed by atoms with Gasteiger partial charge < -0.3 is 24.3 Å². The number of carbonyl (C=O) groups excluding carboxylic acids is 1. The van der Waals surface area contributed by atoms with Gasteiger partial charge in [-0.15, -0.1) is 0 Å². The minimum Gasteiger partial charge on any atom is -0.493 e.